The highest BCUT2D eigenvalue weighted by atomic mass is 32.2. The number of fused-ring (bicyclic) bond motifs is 1. The molecule has 0 atom stereocenters. The summed E-state index contributed by atoms with van der Waals surface area (Å²) in [6.07, 6.45) is 1.72. The fourth-order valence-corrected chi connectivity index (χ4v) is 2.24. The Morgan fingerprint density at radius 1 is 0.950 bits per heavy atom. The maximum atomic E-state index is 10.4. The molecule has 2 aromatic carbocycles. The Hall–Kier alpha value is -2.11. The lowest BCUT2D eigenvalue weighted by Gasteiger charge is -1.92. The van der Waals surface area contributed by atoms with E-state index < -0.39 is 10.1 Å². The fourth-order valence-electron chi connectivity index (χ4n) is 1.74. The Balaban J connectivity index is 0.000000147. The first-order valence-corrected chi connectivity index (χ1v) is 7.38. The third-order valence-corrected chi connectivity index (χ3v) is 3.62. The van der Waals surface area contributed by atoms with Gasteiger partial charge in [-0.1, -0.05) is 30.3 Å². The first-order valence-electron chi connectivity index (χ1n) is 5.94. The summed E-state index contributed by atoms with van der Waals surface area (Å²) in [5.41, 5.74) is 2.24. The fraction of sp³-hybridized carbons (Fsp3) is 0.0667. The lowest BCUT2D eigenvalue weighted by atomic mass is 10.1. The molecule has 0 aliphatic carbocycles. The van der Waals surface area contributed by atoms with Gasteiger partial charge in [0.2, 0.25) is 0 Å². The highest BCUT2D eigenvalue weighted by Crippen LogP contribution is 2.18. The molecule has 0 saturated heterocycles. The van der Waals surface area contributed by atoms with Gasteiger partial charge in [0.05, 0.1) is 11.2 Å². The molecule has 104 valence electrons. The highest BCUT2D eigenvalue weighted by molar-refractivity contribution is 7.85. The lowest BCUT2D eigenvalue weighted by Crippen LogP contribution is -1.96. The molecule has 0 radical (unpaired) electrons. The third kappa shape index (κ3) is 3.46. The summed E-state index contributed by atoms with van der Waals surface area (Å²) < 4.78 is 34.4. The van der Waals surface area contributed by atoms with Crippen molar-refractivity contribution in [2.45, 2.75) is 11.8 Å². The molecular formula is C15H14O4S. The molecule has 0 spiro atoms. The van der Waals surface area contributed by atoms with Gasteiger partial charge in [0.15, 0.2) is 0 Å². The summed E-state index contributed by atoms with van der Waals surface area (Å²) in [6.45, 7) is 2.08. The van der Waals surface area contributed by atoms with Crippen LogP contribution in [0.4, 0.5) is 0 Å². The predicted molar refractivity (Wildman–Crippen MR) is 77.2 cm³/mol. The molecule has 3 rings (SSSR count). The van der Waals surface area contributed by atoms with Crippen LogP contribution in [0.2, 0.25) is 0 Å². The van der Waals surface area contributed by atoms with Crippen LogP contribution >= 0.6 is 0 Å². The zero-order valence-corrected chi connectivity index (χ0v) is 11.7. The molecule has 3 aromatic rings. The summed E-state index contributed by atoms with van der Waals surface area (Å²) >= 11 is 0. The largest absolute Gasteiger partial charge is 0.464 e. The van der Waals surface area contributed by atoms with E-state index in [0.29, 0.717) is 0 Å². The second-order valence-electron chi connectivity index (χ2n) is 4.20. The van der Waals surface area contributed by atoms with E-state index in [2.05, 4.69) is 13.0 Å². The molecule has 0 unspecified atom stereocenters. The summed E-state index contributed by atoms with van der Waals surface area (Å²) in [5, 5.41) is 1.21. The molecule has 1 aromatic heterocycles. The number of furan rings is 1. The molecule has 1 N–H and O–H groups in total. The molecule has 5 heteroatoms. The van der Waals surface area contributed by atoms with Gasteiger partial charge in [0.25, 0.3) is 10.1 Å². The van der Waals surface area contributed by atoms with Gasteiger partial charge in [0.1, 0.15) is 5.58 Å². The van der Waals surface area contributed by atoms with Gasteiger partial charge in [0, 0.05) is 5.39 Å². The van der Waals surface area contributed by atoms with Crippen molar-refractivity contribution in [1.29, 1.82) is 0 Å². The van der Waals surface area contributed by atoms with E-state index in [9.17, 15) is 8.42 Å². The van der Waals surface area contributed by atoms with Crippen molar-refractivity contribution in [1.82, 2.24) is 0 Å². The van der Waals surface area contributed by atoms with E-state index in [1.165, 1.54) is 23.1 Å². The van der Waals surface area contributed by atoms with E-state index in [4.69, 9.17) is 8.97 Å². The van der Waals surface area contributed by atoms with Crippen molar-refractivity contribution < 1.29 is 17.4 Å². The standard InChI is InChI=1S/C9H8O.C6H6O3S/c1-7-3-2-4-9-8(7)5-6-10-9;7-10(8,9)6-4-2-1-3-5-6/h2-6H,1H3;1-5H,(H,7,8,9). The summed E-state index contributed by atoms with van der Waals surface area (Å²) in [6, 6.07) is 15.5. The molecule has 0 aliphatic rings. The SMILES string of the molecule is Cc1cccc2occc12.O=S(=O)(O)c1ccccc1. The average molecular weight is 290 g/mol. The number of rotatable bonds is 1. The van der Waals surface area contributed by atoms with Crippen LogP contribution in [0.25, 0.3) is 11.0 Å². The van der Waals surface area contributed by atoms with Crippen LogP contribution in [-0.4, -0.2) is 13.0 Å². The van der Waals surface area contributed by atoms with Gasteiger partial charge >= 0.3 is 0 Å². The van der Waals surface area contributed by atoms with Gasteiger partial charge in [-0.15, -0.1) is 0 Å². The Morgan fingerprint density at radius 2 is 1.65 bits per heavy atom. The van der Waals surface area contributed by atoms with Crippen molar-refractivity contribution in [3.63, 3.8) is 0 Å². The summed E-state index contributed by atoms with van der Waals surface area (Å²) in [7, 11) is -4.00. The first-order chi connectivity index (χ1) is 9.48. The second kappa shape index (κ2) is 5.90. The van der Waals surface area contributed by atoms with Crippen LogP contribution in [-0.2, 0) is 10.1 Å². The molecule has 1 heterocycles. The van der Waals surface area contributed by atoms with Crippen molar-refractivity contribution in [3.05, 3.63) is 66.4 Å². The smallest absolute Gasteiger partial charge is 0.294 e. The number of hydrogen-bond donors (Lipinski definition) is 1. The minimum Gasteiger partial charge on any atom is -0.464 e. The van der Waals surface area contributed by atoms with Gasteiger partial charge in [-0.2, -0.15) is 8.42 Å². The zero-order chi connectivity index (χ0) is 14.6. The molecule has 0 amide bonds. The van der Waals surface area contributed by atoms with Crippen molar-refractivity contribution in [2.75, 3.05) is 0 Å². The zero-order valence-electron chi connectivity index (χ0n) is 10.9. The molecular weight excluding hydrogens is 276 g/mol. The lowest BCUT2D eigenvalue weighted by molar-refractivity contribution is 0.483. The maximum Gasteiger partial charge on any atom is 0.294 e. The van der Waals surface area contributed by atoms with Crippen LogP contribution in [0.15, 0.2) is 70.2 Å². The second-order valence-corrected chi connectivity index (χ2v) is 5.62. The van der Waals surface area contributed by atoms with E-state index in [1.54, 1.807) is 24.5 Å². The highest BCUT2D eigenvalue weighted by Gasteiger charge is 2.05. The maximum absolute atomic E-state index is 10.4. The van der Waals surface area contributed by atoms with E-state index in [1.807, 2.05) is 18.2 Å². The first kappa shape index (κ1) is 14.3. The normalized spacial score (nSPS) is 10.9. The molecule has 0 saturated carbocycles. The molecule has 0 aliphatic heterocycles. The Labute approximate surface area is 117 Å². The van der Waals surface area contributed by atoms with Crippen molar-refractivity contribution in [3.8, 4) is 0 Å². The van der Waals surface area contributed by atoms with E-state index in [-0.39, 0.29) is 4.90 Å². The van der Waals surface area contributed by atoms with Gasteiger partial charge in [-0.25, -0.2) is 0 Å². The third-order valence-electron chi connectivity index (χ3n) is 2.75. The van der Waals surface area contributed by atoms with Crippen LogP contribution in [0.3, 0.4) is 0 Å². The summed E-state index contributed by atoms with van der Waals surface area (Å²) in [5.74, 6) is 0. The van der Waals surface area contributed by atoms with Crippen LogP contribution in [0.5, 0.6) is 0 Å². The molecule has 0 bridgehead atoms. The molecule has 0 fully saturated rings. The topological polar surface area (TPSA) is 67.5 Å². The summed E-state index contributed by atoms with van der Waals surface area (Å²) in [4.78, 5) is -0.0741. The Morgan fingerprint density at radius 3 is 2.20 bits per heavy atom. The average Bonchev–Trinajstić information content (AvgIpc) is 2.89. The quantitative estimate of drug-likeness (QED) is 0.694. The number of aryl methyl sites for hydroxylation is 1. The van der Waals surface area contributed by atoms with E-state index >= 15 is 0 Å². The minimum absolute atomic E-state index is 0.0741. The van der Waals surface area contributed by atoms with E-state index in [0.717, 1.165) is 5.58 Å². The van der Waals surface area contributed by atoms with Gasteiger partial charge in [-0.05, 0) is 36.8 Å². The van der Waals surface area contributed by atoms with Gasteiger partial charge in [-0.3, -0.25) is 4.55 Å². The monoisotopic (exact) mass is 290 g/mol. The Bertz CT molecular complexity index is 789. The van der Waals surface area contributed by atoms with Gasteiger partial charge < -0.3 is 4.42 Å². The molecule has 4 nitrogen and oxygen atoms in total. The Kier molecular flexibility index (Phi) is 4.22. The number of benzene rings is 2. The van der Waals surface area contributed by atoms with Crippen LogP contribution < -0.4 is 0 Å². The number of hydrogen-bond acceptors (Lipinski definition) is 3. The predicted octanol–water partition coefficient (Wildman–Crippen LogP) is 3.67. The molecule has 20 heavy (non-hydrogen) atoms. The van der Waals surface area contributed by atoms with Crippen molar-refractivity contribution >= 4 is 21.1 Å². The van der Waals surface area contributed by atoms with Crippen molar-refractivity contribution in [2.24, 2.45) is 0 Å². The van der Waals surface area contributed by atoms with Crippen LogP contribution in [0.1, 0.15) is 5.56 Å². The van der Waals surface area contributed by atoms with Crippen LogP contribution in [0, 0.1) is 6.92 Å². The minimum atomic E-state index is -4.00.